The van der Waals surface area contributed by atoms with Crippen LogP contribution in [0.25, 0.3) is 0 Å². The Morgan fingerprint density at radius 2 is 2.29 bits per heavy atom. The monoisotopic (exact) mass is 232 g/mol. The molecule has 6 nitrogen and oxygen atoms in total. The molecule has 0 fully saturated rings. The highest BCUT2D eigenvalue weighted by molar-refractivity contribution is 6.07. The first-order valence-corrected chi connectivity index (χ1v) is 5.07. The predicted molar refractivity (Wildman–Crippen MR) is 63.0 cm³/mol. The fourth-order valence-electron chi connectivity index (χ4n) is 1.40. The maximum absolute atomic E-state index is 11.9. The molecule has 0 saturated carbocycles. The molecule has 2 aromatic rings. The second kappa shape index (κ2) is 4.65. The molecule has 0 aliphatic rings. The zero-order valence-corrected chi connectivity index (χ0v) is 9.52. The summed E-state index contributed by atoms with van der Waals surface area (Å²) in [4.78, 5) is 15.8. The first kappa shape index (κ1) is 11.1. The van der Waals surface area contributed by atoms with Crippen molar-refractivity contribution in [2.45, 2.75) is 6.92 Å². The minimum atomic E-state index is -0.282. The van der Waals surface area contributed by atoms with Gasteiger partial charge in [-0.25, -0.2) is 0 Å². The van der Waals surface area contributed by atoms with Crippen LogP contribution in [-0.2, 0) is 0 Å². The maximum Gasteiger partial charge on any atom is 0.260 e. The molecule has 0 aliphatic heterocycles. The van der Waals surface area contributed by atoms with E-state index in [4.69, 9.17) is 4.52 Å². The molecular formula is C11H12N4O2. The van der Waals surface area contributed by atoms with Crippen LogP contribution in [0.3, 0.4) is 0 Å². The Kier molecular flexibility index (Phi) is 3.04. The molecule has 0 saturated heterocycles. The number of carbonyl (C=O) groups is 1. The lowest BCUT2D eigenvalue weighted by Gasteiger charge is -2.06. The molecule has 88 valence electrons. The average molecular weight is 232 g/mol. The van der Waals surface area contributed by atoms with Gasteiger partial charge in [0.1, 0.15) is 5.76 Å². The topological polar surface area (TPSA) is 80.0 Å². The summed E-state index contributed by atoms with van der Waals surface area (Å²) in [6.07, 6.45) is 3.11. The molecule has 1 amide bonds. The van der Waals surface area contributed by atoms with E-state index in [2.05, 4.69) is 20.8 Å². The van der Waals surface area contributed by atoms with Gasteiger partial charge < -0.3 is 15.2 Å². The molecule has 0 unspecified atom stereocenters. The van der Waals surface area contributed by atoms with Crippen LogP contribution in [0.15, 0.2) is 29.0 Å². The van der Waals surface area contributed by atoms with Crippen LogP contribution in [0.5, 0.6) is 0 Å². The highest BCUT2D eigenvalue weighted by Crippen LogP contribution is 2.15. The van der Waals surface area contributed by atoms with Gasteiger partial charge in [0.15, 0.2) is 5.82 Å². The summed E-state index contributed by atoms with van der Waals surface area (Å²) in [7, 11) is 1.74. The van der Waals surface area contributed by atoms with Crippen molar-refractivity contribution >= 4 is 17.4 Å². The number of hydrogen-bond acceptors (Lipinski definition) is 5. The van der Waals surface area contributed by atoms with Crippen LogP contribution in [0.4, 0.5) is 11.5 Å². The molecule has 17 heavy (non-hydrogen) atoms. The predicted octanol–water partition coefficient (Wildman–Crippen LogP) is 1.67. The molecule has 2 N–H and O–H groups in total. The molecular weight excluding hydrogens is 220 g/mol. The minimum absolute atomic E-state index is 0.282. The van der Waals surface area contributed by atoms with E-state index in [0.717, 1.165) is 0 Å². The molecule has 6 heteroatoms. The normalized spacial score (nSPS) is 10.0. The summed E-state index contributed by atoms with van der Waals surface area (Å²) >= 11 is 0. The number of rotatable bonds is 3. The van der Waals surface area contributed by atoms with Gasteiger partial charge in [-0.1, -0.05) is 5.16 Å². The number of amides is 1. The molecule has 0 bridgehead atoms. The number of aryl methyl sites for hydroxylation is 1. The van der Waals surface area contributed by atoms with Gasteiger partial charge in [0.05, 0.1) is 5.56 Å². The van der Waals surface area contributed by atoms with Crippen molar-refractivity contribution in [1.82, 2.24) is 10.1 Å². The van der Waals surface area contributed by atoms with E-state index in [-0.39, 0.29) is 5.91 Å². The number of aromatic nitrogens is 2. The van der Waals surface area contributed by atoms with Crippen LogP contribution in [0.2, 0.25) is 0 Å². The first-order valence-electron chi connectivity index (χ1n) is 5.07. The summed E-state index contributed by atoms with van der Waals surface area (Å²) in [5.74, 6) is 0.745. The standard InChI is InChI=1S/C11H12N4O2/c1-7-5-10(15-17-7)14-11(16)8-6-13-4-3-9(8)12-2/h3-6H,1-2H3,(H,12,13)(H,14,15,16). The lowest BCUT2D eigenvalue weighted by Crippen LogP contribution is -2.14. The van der Waals surface area contributed by atoms with E-state index in [0.29, 0.717) is 22.8 Å². The van der Waals surface area contributed by atoms with Crippen molar-refractivity contribution < 1.29 is 9.32 Å². The number of nitrogens with one attached hydrogen (secondary N) is 2. The van der Waals surface area contributed by atoms with Crippen molar-refractivity contribution in [3.05, 3.63) is 35.9 Å². The van der Waals surface area contributed by atoms with Gasteiger partial charge in [-0.15, -0.1) is 0 Å². The number of hydrogen-bond donors (Lipinski definition) is 2. The number of pyridine rings is 1. The van der Waals surface area contributed by atoms with Gasteiger partial charge in [-0.3, -0.25) is 9.78 Å². The Balaban J connectivity index is 2.20. The third kappa shape index (κ3) is 2.41. The van der Waals surface area contributed by atoms with E-state index < -0.39 is 0 Å². The van der Waals surface area contributed by atoms with Crippen LogP contribution < -0.4 is 10.6 Å². The number of anilines is 2. The molecule has 0 aromatic carbocycles. The Morgan fingerprint density at radius 1 is 1.47 bits per heavy atom. The van der Waals surface area contributed by atoms with Crippen molar-refractivity contribution in [2.24, 2.45) is 0 Å². The van der Waals surface area contributed by atoms with Gasteiger partial charge in [0, 0.05) is 31.2 Å². The Bertz CT molecular complexity index is 536. The average Bonchev–Trinajstić information content (AvgIpc) is 2.74. The van der Waals surface area contributed by atoms with Gasteiger partial charge >= 0.3 is 0 Å². The van der Waals surface area contributed by atoms with Crippen molar-refractivity contribution in [1.29, 1.82) is 0 Å². The Morgan fingerprint density at radius 3 is 2.94 bits per heavy atom. The van der Waals surface area contributed by atoms with E-state index in [1.165, 1.54) is 6.20 Å². The maximum atomic E-state index is 11.9. The Hall–Kier alpha value is -2.37. The van der Waals surface area contributed by atoms with Gasteiger partial charge in [0.2, 0.25) is 0 Å². The summed E-state index contributed by atoms with van der Waals surface area (Å²) in [6, 6.07) is 3.37. The second-order valence-electron chi connectivity index (χ2n) is 3.45. The quantitative estimate of drug-likeness (QED) is 0.841. The molecule has 0 radical (unpaired) electrons. The van der Waals surface area contributed by atoms with Gasteiger partial charge in [0.25, 0.3) is 5.91 Å². The summed E-state index contributed by atoms with van der Waals surface area (Å²) in [6.45, 7) is 1.76. The first-order chi connectivity index (χ1) is 8.20. The summed E-state index contributed by atoms with van der Waals surface area (Å²) < 4.78 is 4.86. The van der Waals surface area contributed by atoms with Crippen molar-refractivity contribution in [3.8, 4) is 0 Å². The highest BCUT2D eigenvalue weighted by Gasteiger charge is 2.12. The smallest absolute Gasteiger partial charge is 0.260 e. The molecule has 0 spiro atoms. The molecule has 2 aromatic heterocycles. The SMILES string of the molecule is CNc1ccncc1C(=O)Nc1cc(C)on1. The fourth-order valence-corrected chi connectivity index (χ4v) is 1.40. The lowest BCUT2D eigenvalue weighted by molar-refractivity contribution is 0.102. The van der Waals surface area contributed by atoms with E-state index in [9.17, 15) is 4.79 Å². The van der Waals surface area contributed by atoms with Crippen LogP contribution >= 0.6 is 0 Å². The molecule has 2 rings (SSSR count). The van der Waals surface area contributed by atoms with Gasteiger partial charge in [-0.2, -0.15) is 0 Å². The van der Waals surface area contributed by atoms with Crippen LogP contribution in [-0.4, -0.2) is 23.1 Å². The molecule has 2 heterocycles. The zero-order chi connectivity index (χ0) is 12.3. The largest absolute Gasteiger partial charge is 0.387 e. The summed E-state index contributed by atoms with van der Waals surface area (Å²) in [5, 5.41) is 9.24. The fraction of sp³-hybridized carbons (Fsp3) is 0.182. The highest BCUT2D eigenvalue weighted by atomic mass is 16.5. The van der Waals surface area contributed by atoms with Crippen LogP contribution in [0, 0.1) is 6.92 Å². The molecule has 0 aliphatic carbocycles. The van der Waals surface area contributed by atoms with Crippen LogP contribution in [0.1, 0.15) is 16.1 Å². The third-order valence-corrected chi connectivity index (χ3v) is 2.20. The third-order valence-electron chi connectivity index (χ3n) is 2.20. The van der Waals surface area contributed by atoms with Crippen molar-refractivity contribution in [3.63, 3.8) is 0 Å². The second-order valence-corrected chi connectivity index (χ2v) is 3.45. The number of carbonyl (C=O) groups excluding carboxylic acids is 1. The molecule has 0 atom stereocenters. The number of nitrogens with zero attached hydrogens (tertiary/aromatic N) is 2. The van der Waals surface area contributed by atoms with Crippen molar-refractivity contribution in [2.75, 3.05) is 17.7 Å². The Labute approximate surface area is 98.0 Å². The van der Waals surface area contributed by atoms with Gasteiger partial charge in [-0.05, 0) is 13.0 Å². The van der Waals surface area contributed by atoms with E-state index >= 15 is 0 Å². The van der Waals surface area contributed by atoms with E-state index in [1.54, 1.807) is 32.3 Å². The van der Waals surface area contributed by atoms with E-state index in [1.807, 2.05) is 0 Å². The lowest BCUT2D eigenvalue weighted by atomic mass is 10.2. The summed E-state index contributed by atoms with van der Waals surface area (Å²) in [5.41, 5.74) is 1.16. The zero-order valence-electron chi connectivity index (χ0n) is 9.52. The minimum Gasteiger partial charge on any atom is -0.387 e.